The number of carbonyl (C=O) groups is 1. The number of aromatic amines is 1. The first-order chi connectivity index (χ1) is 10.6. The highest BCUT2D eigenvalue weighted by atomic mass is 16.4. The number of benzene rings is 2. The number of likely N-dealkylation sites (N-methyl/N-ethyl adjacent to an activating group) is 1. The maximum absolute atomic E-state index is 11.5. The van der Waals surface area contributed by atoms with Crippen molar-refractivity contribution < 1.29 is 9.90 Å². The Morgan fingerprint density at radius 2 is 2.18 bits per heavy atom. The predicted molar refractivity (Wildman–Crippen MR) is 85.5 cm³/mol. The van der Waals surface area contributed by atoms with Gasteiger partial charge in [0.1, 0.15) is 5.69 Å². The van der Waals surface area contributed by atoms with E-state index in [-0.39, 0.29) is 5.56 Å². The molecular formula is C17H15N3O2. The number of H-pyrrole nitrogens is 1. The van der Waals surface area contributed by atoms with Crippen LogP contribution in [0, 0.1) is 0 Å². The first kappa shape index (κ1) is 12.9. The van der Waals surface area contributed by atoms with Crippen molar-refractivity contribution in [3.63, 3.8) is 0 Å². The molecule has 0 bridgehead atoms. The molecule has 0 saturated carbocycles. The zero-order valence-corrected chi connectivity index (χ0v) is 12.1. The molecule has 0 unspecified atom stereocenters. The van der Waals surface area contributed by atoms with E-state index in [4.69, 9.17) is 0 Å². The quantitative estimate of drug-likeness (QED) is 0.762. The van der Waals surface area contributed by atoms with Crippen molar-refractivity contribution in [3.8, 4) is 11.3 Å². The summed E-state index contributed by atoms with van der Waals surface area (Å²) in [4.78, 5) is 13.7. The van der Waals surface area contributed by atoms with E-state index in [1.807, 2.05) is 12.1 Å². The normalized spacial score (nSPS) is 13.6. The molecular weight excluding hydrogens is 278 g/mol. The summed E-state index contributed by atoms with van der Waals surface area (Å²) in [5, 5.41) is 17.4. The average Bonchev–Trinajstić information content (AvgIpc) is 3.10. The van der Waals surface area contributed by atoms with Gasteiger partial charge in [0.2, 0.25) is 0 Å². The molecule has 0 aliphatic carbocycles. The van der Waals surface area contributed by atoms with Crippen LogP contribution in [-0.2, 0) is 6.42 Å². The van der Waals surface area contributed by atoms with E-state index < -0.39 is 5.97 Å². The third-order valence-electron chi connectivity index (χ3n) is 4.30. The number of nitrogens with zero attached hydrogens (tertiary/aromatic N) is 2. The predicted octanol–water partition coefficient (Wildman–Crippen LogP) is 2.92. The van der Waals surface area contributed by atoms with Gasteiger partial charge < -0.3 is 10.0 Å². The van der Waals surface area contributed by atoms with Crippen LogP contribution >= 0.6 is 0 Å². The van der Waals surface area contributed by atoms with Gasteiger partial charge in [0.15, 0.2) is 0 Å². The summed E-state index contributed by atoms with van der Waals surface area (Å²) >= 11 is 0. The maximum Gasteiger partial charge on any atom is 0.336 e. The van der Waals surface area contributed by atoms with E-state index >= 15 is 0 Å². The fourth-order valence-corrected chi connectivity index (χ4v) is 3.17. The summed E-state index contributed by atoms with van der Waals surface area (Å²) in [5.41, 5.74) is 5.19. The van der Waals surface area contributed by atoms with E-state index in [2.05, 4.69) is 34.3 Å². The lowest BCUT2D eigenvalue weighted by Crippen LogP contribution is -2.12. The van der Waals surface area contributed by atoms with Crippen molar-refractivity contribution >= 4 is 22.6 Å². The zero-order chi connectivity index (χ0) is 15.3. The lowest BCUT2D eigenvalue weighted by molar-refractivity contribution is 0.0699. The van der Waals surface area contributed by atoms with Crippen LogP contribution in [0.25, 0.3) is 22.2 Å². The Bertz CT molecular complexity index is 898. The standard InChI is InChI=1S/C17H15N3O2/c1-20-8-7-10-9-11(5-6-14(10)20)16-15-12(17(21)22)3-2-4-13(15)18-19-16/h2-6,9H,7-8H2,1H3,(H,18,19)(H,21,22). The molecule has 0 spiro atoms. The largest absolute Gasteiger partial charge is 0.478 e. The number of carboxylic acid groups (broad SMARTS) is 1. The highest BCUT2D eigenvalue weighted by Crippen LogP contribution is 2.34. The number of rotatable bonds is 2. The van der Waals surface area contributed by atoms with Gasteiger partial charge in [-0.15, -0.1) is 0 Å². The minimum absolute atomic E-state index is 0.277. The highest BCUT2D eigenvalue weighted by molar-refractivity contribution is 6.08. The van der Waals surface area contributed by atoms with Gasteiger partial charge in [-0.25, -0.2) is 4.79 Å². The minimum Gasteiger partial charge on any atom is -0.478 e. The molecule has 3 aromatic rings. The SMILES string of the molecule is CN1CCc2cc(-c3n[nH]c4cccc(C(=O)O)c34)ccc21. The summed E-state index contributed by atoms with van der Waals surface area (Å²) in [6, 6.07) is 11.4. The number of hydrogen-bond acceptors (Lipinski definition) is 3. The Hall–Kier alpha value is -2.82. The van der Waals surface area contributed by atoms with Gasteiger partial charge in [-0.3, -0.25) is 5.10 Å². The first-order valence-corrected chi connectivity index (χ1v) is 7.20. The average molecular weight is 293 g/mol. The molecule has 0 amide bonds. The molecule has 0 saturated heterocycles. The molecule has 5 heteroatoms. The van der Waals surface area contributed by atoms with E-state index in [0.717, 1.165) is 24.0 Å². The topological polar surface area (TPSA) is 69.2 Å². The van der Waals surface area contributed by atoms with Crippen LogP contribution in [-0.4, -0.2) is 34.9 Å². The molecule has 1 aromatic heterocycles. The lowest BCUT2D eigenvalue weighted by Gasteiger charge is -2.11. The molecule has 110 valence electrons. The van der Waals surface area contributed by atoms with Crippen molar-refractivity contribution in [1.82, 2.24) is 10.2 Å². The van der Waals surface area contributed by atoms with Crippen molar-refractivity contribution in [3.05, 3.63) is 47.5 Å². The number of nitrogens with one attached hydrogen (secondary N) is 1. The van der Waals surface area contributed by atoms with Gasteiger partial charge in [-0.05, 0) is 36.2 Å². The molecule has 0 radical (unpaired) electrons. The molecule has 5 nitrogen and oxygen atoms in total. The summed E-state index contributed by atoms with van der Waals surface area (Å²) in [6.07, 6.45) is 1.01. The van der Waals surface area contributed by atoms with Crippen molar-refractivity contribution in [2.75, 3.05) is 18.5 Å². The molecule has 1 aliphatic heterocycles. The lowest BCUT2D eigenvalue weighted by atomic mass is 10.0. The highest BCUT2D eigenvalue weighted by Gasteiger charge is 2.19. The van der Waals surface area contributed by atoms with Gasteiger partial charge in [0, 0.05) is 30.2 Å². The Balaban J connectivity index is 1.94. The molecule has 2 heterocycles. The Labute approximate surface area is 127 Å². The summed E-state index contributed by atoms with van der Waals surface area (Å²) in [7, 11) is 2.08. The summed E-state index contributed by atoms with van der Waals surface area (Å²) < 4.78 is 0. The molecule has 0 fully saturated rings. The van der Waals surface area contributed by atoms with E-state index in [1.54, 1.807) is 12.1 Å². The third kappa shape index (κ3) is 1.79. The van der Waals surface area contributed by atoms with Crippen LogP contribution in [0.4, 0.5) is 5.69 Å². The summed E-state index contributed by atoms with van der Waals surface area (Å²) in [6.45, 7) is 1.01. The van der Waals surface area contributed by atoms with Crippen LogP contribution in [0.5, 0.6) is 0 Å². The van der Waals surface area contributed by atoms with Crippen molar-refractivity contribution in [2.24, 2.45) is 0 Å². The Morgan fingerprint density at radius 1 is 1.32 bits per heavy atom. The van der Waals surface area contributed by atoms with Crippen molar-refractivity contribution in [2.45, 2.75) is 6.42 Å². The van der Waals surface area contributed by atoms with Gasteiger partial charge in [-0.1, -0.05) is 12.1 Å². The fourth-order valence-electron chi connectivity index (χ4n) is 3.17. The number of aromatic carboxylic acids is 1. The number of hydrogen-bond donors (Lipinski definition) is 2. The first-order valence-electron chi connectivity index (χ1n) is 7.20. The van der Waals surface area contributed by atoms with Crippen LogP contribution in [0.2, 0.25) is 0 Å². The molecule has 2 aromatic carbocycles. The van der Waals surface area contributed by atoms with E-state index in [0.29, 0.717) is 11.1 Å². The second-order valence-electron chi connectivity index (χ2n) is 5.62. The summed E-state index contributed by atoms with van der Waals surface area (Å²) in [5.74, 6) is -0.936. The molecule has 0 atom stereocenters. The van der Waals surface area contributed by atoms with E-state index in [1.165, 1.54) is 11.3 Å². The molecule has 4 rings (SSSR count). The molecule has 22 heavy (non-hydrogen) atoms. The van der Waals surface area contributed by atoms with Gasteiger partial charge >= 0.3 is 5.97 Å². The second kappa shape index (κ2) is 4.59. The van der Waals surface area contributed by atoms with Crippen LogP contribution in [0.15, 0.2) is 36.4 Å². The van der Waals surface area contributed by atoms with Gasteiger partial charge in [-0.2, -0.15) is 5.10 Å². The third-order valence-corrected chi connectivity index (χ3v) is 4.30. The molecule has 2 N–H and O–H groups in total. The number of carboxylic acids is 1. The zero-order valence-electron chi connectivity index (χ0n) is 12.1. The molecule has 1 aliphatic rings. The number of anilines is 1. The minimum atomic E-state index is -0.936. The van der Waals surface area contributed by atoms with Crippen LogP contribution < -0.4 is 4.90 Å². The second-order valence-corrected chi connectivity index (χ2v) is 5.62. The van der Waals surface area contributed by atoms with E-state index in [9.17, 15) is 9.90 Å². The number of fused-ring (bicyclic) bond motifs is 2. The van der Waals surface area contributed by atoms with Gasteiger partial charge in [0.25, 0.3) is 0 Å². The van der Waals surface area contributed by atoms with Crippen molar-refractivity contribution in [1.29, 1.82) is 0 Å². The Morgan fingerprint density at radius 3 is 3.00 bits per heavy atom. The fraction of sp³-hybridized carbons (Fsp3) is 0.176. The van der Waals surface area contributed by atoms with Crippen LogP contribution in [0.3, 0.4) is 0 Å². The van der Waals surface area contributed by atoms with Gasteiger partial charge in [0.05, 0.1) is 11.1 Å². The number of aromatic nitrogens is 2. The smallest absolute Gasteiger partial charge is 0.336 e. The monoisotopic (exact) mass is 293 g/mol. The maximum atomic E-state index is 11.5. The van der Waals surface area contributed by atoms with Crippen LogP contribution in [0.1, 0.15) is 15.9 Å². The Kier molecular flexibility index (Phi) is 2.69.